The largest absolute Gasteiger partial charge is 0.339 e. The molecule has 3 aliphatic rings. The number of hydrogen-bond donors (Lipinski definition) is 0. The number of piperidine rings is 1. The summed E-state index contributed by atoms with van der Waals surface area (Å²) in [4.78, 5) is 43.8. The third-order valence-electron chi connectivity index (χ3n) is 6.61. The first-order chi connectivity index (χ1) is 13.9. The average Bonchev–Trinajstić information content (AvgIpc) is 3.21. The van der Waals surface area contributed by atoms with Gasteiger partial charge in [-0.05, 0) is 56.4 Å². The van der Waals surface area contributed by atoms with Crippen molar-refractivity contribution in [1.29, 1.82) is 0 Å². The smallest absolute Gasteiger partial charge is 0.246 e. The first kappa shape index (κ1) is 19.9. The molecule has 6 heteroatoms. The Hall–Kier alpha value is -2.37. The van der Waals surface area contributed by atoms with Crippen LogP contribution in [-0.2, 0) is 14.4 Å². The van der Waals surface area contributed by atoms with E-state index in [1.54, 1.807) is 9.80 Å². The number of likely N-dealkylation sites (tertiary alicyclic amines) is 1. The molecule has 0 unspecified atom stereocenters. The molecule has 0 spiro atoms. The van der Waals surface area contributed by atoms with Crippen LogP contribution in [0.5, 0.6) is 0 Å². The van der Waals surface area contributed by atoms with Crippen LogP contribution < -0.4 is 4.90 Å². The summed E-state index contributed by atoms with van der Waals surface area (Å²) in [7, 11) is 0. The van der Waals surface area contributed by atoms with E-state index in [9.17, 15) is 14.4 Å². The van der Waals surface area contributed by atoms with Gasteiger partial charge in [0.15, 0.2) is 0 Å². The molecule has 0 bridgehead atoms. The van der Waals surface area contributed by atoms with E-state index in [4.69, 9.17) is 0 Å². The van der Waals surface area contributed by atoms with Crippen molar-refractivity contribution in [2.45, 2.75) is 58.4 Å². The van der Waals surface area contributed by atoms with Crippen LogP contribution in [-0.4, -0.2) is 59.7 Å². The van der Waals surface area contributed by atoms with Crippen LogP contribution in [0.4, 0.5) is 5.69 Å². The molecule has 2 heterocycles. The van der Waals surface area contributed by atoms with Gasteiger partial charge in [0.25, 0.3) is 0 Å². The number of aryl methyl sites for hydroxylation is 2. The molecule has 1 aromatic carbocycles. The fourth-order valence-corrected chi connectivity index (χ4v) is 5.14. The van der Waals surface area contributed by atoms with E-state index in [0.29, 0.717) is 38.5 Å². The molecule has 1 atom stereocenters. The number of anilines is 1. The third-order valence-corrected chi connectivity index (χ3v) is 6.61. The quantitative estimate of drug-likeness (QED) is 0.788. The minimum Gasteiger partial charge on any atom is -0.339 e. The van der Waals surface area contributed by atoms with Gasteiger partial charge in [0.1, 0.15) is 6.54 Å². The second-order valence-electron chi connectivity index (χ2n) is 8.87. The van der Waals surface area contributed by atoms with Crippen LogP contribution >= 0.6 is 0 Å². The lowest BCUT2D eigenvalue weighted by atomic mass is 9.94. The van der Waals surface area contributed by atoms with Crippen LogP contribution in [0.2, 0.25) is 0 Å². The molecule has 3 fully saturated rings. The summed E-state index contributed by atoms with van der Waals surface area (Å²) in [6.07, 6.45) is 5.50. The molecule has 2 saturated heterocycles. The van der Waals surface area contributed by atoms with Gasteiger partial charge in [-0.25, -0.2) is 0 Å². The van der Waals surface area contributed by atoms with Gasteiger partial charge in [-0.2, -0.15) is 0 Å². The number of amides is 3. The van der Waals surface area contributed by atoms with E-state index in [0.717, 1.165) is 29.7 Å². The Labute approximate surface area is 172 Å². The van der Waals surface area contributed by atoms with E-state index < -0.39 is 0 Å². The van der Waals surface area contributed by atoms with Crippen molar-refractivity contribution in [3.63, 3.8) is 0 Å². The SMILES string of the molecule is Cc1cc(C)cc(N2CCN(C(=O)[C@@H]3CCC(=O)N(C4CCCC4)C3)CC2=O)c1. The van der Waals surface area contributed by atoms with Crippen molar-refractivity contribution in [2.24, 2.45) is 5.92 Å². The Bertz CT molecular complexity index is 795. The lowest BCUT2D eigenvalue weighted by molar-refractivity contribution is -0.147. The Kier molecular flexibility index (Phi) is 5.61. The van der Waals surface area contributed by atoms with Crippen LogP contribution in [0.25, 0.3) is 0 Å². The van der Waals surface area contributed by atoms with Crippen LogP contribution in [0.15, 0.2) is 18.2 Å². The molecular weight excluding hydrogens is 366 g/mol. The van der Waals surface area contributed by atoms with E-state index in [1.807, 2.05) is 30.9 Å². The topological polar surface area (TPSA) is 60.9 Å². The Balaban J connectivity index is 1.40. The zero-order chi connectivity index (χ0) is 20.5. The minimum absolute atomic E-state index is 0.0332. The molecule has 4 rings (SSSR count). The number of carbonyl (C=O) groups is 3. The summed E-state index contributed by atoms with van der Waals surface area (Å²) in [6, 6.07) is 6.44. The molecule has 2 aliphatic heterocycles. The summed E-state index contributed by atoms with van der Waals surface area (Å²) < 4.78 is 0. The Morgan fingerprint density at radius 1 is 0.931 bits per heavy atom. The highest BCUT2D eigenvalue weighted by molar-refractivity contribution is 5.98. The monoisotopic (exact) mass is 397 g/mol. The zero-order valence-electron chi connectivity index (χ0n) is 17.5. The van der Waals surface area contributed by atoms with Gasteiger partial charge in [0.05, 0.1) is 5.92 Å². The minimum atomic E-state index is -0.172. The molecule has 1 aromatic rings. The first-order valence-corrected chi connectivity index (χ1v) is 10.9. The van der Waals surface area contributed by atoms with Crippen LogP contribution in [0, 0.1) is 19.8 Å². The number of rotatable bonds is 3. The Morgan fingerprint density at radius 2 is 1.62 bits per heavy atom. The van der Waals surface area contributed by atoms with Crippen molar-refractivity contribution in [3.8, 4) is 0 Å². The predicted molar refractivity (Wildman–Crippen MR) is 112 cm³/mol. The summed E-state index contributed by atoms with van der Waals surface area (Å²) in [6.45, 7) is 5.77. The van der Waals surface area contributed by atoms with Crippen molar-refractivity contribution < 1.29 is 14.4 Å². The van der Waals surface area contributed by atoms with Gasteiger partial charge < -0.3 is 14.7 Å². The maximum absolute atomic E-state index is 13.1. The van der Waals surface area contributed by atoms with E-state index in [2.05, 4.69) is 6.07 Å². The Morgan fingerprint density at radius 3 is 2.28 bits per heavy atom. The van der Waals surface area contributed by atoms with Crippen molar-refractivity contribution in [2.75, 3.05) is 31.1 Å². The average molecular weight is 398 g/mol. The molecule has 0 aromatic heterocycles. The van der Waals surface area contributed by atoms with Gasteiger partial charge in [-0.3, -0.25) is 14.4 Å². The lowest BCUT2D eigenvalue weighted by Gasteiger charge is -2.40. The summed E-state index contributed by atoms with van der Waals surface area (Å²) in [5.74, 6) is 0.0218. The zero-order valence-corrected chi connectivity index (χ0v) is 17.5. The molecule has 6 nitrogen and oxygen atoms in total. The van der Waals surface area contributed by atoms with Crippen LogP contribution in [0.3, 0.4) is 0 Å². The lowest BCUT2D eigenvalue weighted by Crippen LogP contribution is -2.56. The molecule has 1 aliphatic carbocycles. The van der Waals surface area contributed by atoms with Gasteiger partial charge >= 0.3 is 0 Å². The van der Waals surface area contributed by atoms with Gasteiger partial charge in [0.2, 0.25) is 17.7 Å². The van der Waals surface area contributed by atoms with Gasteiger partial charge in [-0.15, -0.1) is 0 Å². The van der Waals surface area contributed by atoms with E-state index >= 15 is 0 Å². The molecule has 1 saturated carbocycles. The first-order valence-electron chi connectivity index (χ1n) is 10.9. The highest BCUT2D eigenvalue weighted by Gasteiger charge is 2.38. The van der Waals surface area contributed by atoms with Gasteiger partial charge in [0, 0.05) is 37.8 Å². The standard InChI is InChI=1S/C23H31N3O3/c1-16-11-17(2)13-20(12-16)25-10-9-24(15-22(25)28)23(29)18-7-8-21(27)26(14-18)19-5-3-4-6-19/h11-13,18-19H,3-10,14-15H2,1-2H3/t18-/m1/s1. The van der Waals surface area contributed by atoms with Crippen molar-refractivity contribution in [3.05, 3.63) is 29.3 Å². The summed E-state index contributed by atoms with van der Waals surface area (Å²) in [5.41, 5.74) is 3.17. The predicted octanol–water partition coefficient (Wildman–Crippen LogP) is 2.66. The number of nitrogens with zero attached hydrogens (tertiary/aromatic N) is 3. The molecule has 0 N–H and O–H groups in total. The molecule has 0 radical (unpaired) electrons. The van der Waals surface area contributed by atoms with E-state index in [1.165, 1.54) is 12.8 Å². The highest BCUT2D eigenvalue weighted by atomic mass is 16.2. The van der Waals surface area contributed by atoms with Gasteiger partial charge in [-0.1, -0.05) is 18.9 Å². The fourth-order valence-electron chi connectivity index (χ4n) is 5.14. The second-order valence-corrected chi connectivity index (χ2v) is 8.87. The third kappa shape index (κ3) is 4.16. The normalized spacial score (nSPS) is 23.8. The summed E-state index contributed by atoms with van der Waals surface area (Å²) in [5, 5.41) is 0. The maximum atomic E-state index is 13.1. The fraction of sp³-hybridized carbons (Fsp3) is 0.609. The number of benzene rings is 1. The van der Waals surface area contributed by atoms with E-state index in [-0.39, 0.29) is 30.2 Å². The molecule has 29 heavy (non-hydrogen) atoms. The number of hydrogen-bond acceptors (Lipinski definition) is 3. The molecule has 3 amide bonds. The molecule has 156 valence electrons. The van der Waals surface area contributed by atoms with Crippen molar-refractivity contribution >= 4 is 23.4 Å². The summed E-state index contributed by atoms with van der Waals surface area (Å²) >= 11 is 0. The maximum Gasteiger partial charge on any atom is 0.246 e. The number of carbonyl (C=O) groups excluding carboxylic acids is 3. The highest BCUT2D eigenvalue weighted by Crippen LogP contribution is 2.30. The van der Waals surface area contributed by atoms with Crippen LogP contribution in [0.1, 0.15) is 49.7 Å². The molecular formula is C23H31N3O3. The second kappa shape index (κ2) is 8.17. The van der Waals surface area contributed by atoms with Crippen molar-refractivity contribution in [1.82, 2.24) is 9.80 Å². The number of piperazine rings is 1.